The second kappa shape index (κ2) is 3.54. The predicted molar refractivity (Wildman–Crippen MR) is 51.7 cm³/mol. The van der Waals surface area contributed by atoms with E-state index in [0.717, 1.165) is 16.5 Å². The standard InChI is InChI=1S/C11H10O3/c1-8(12)14-7-9-2-3-11-10(6-9)4-5-13-11/h2-6H,7H2,1H3. The van der Waals surface area contributed by atoms with Crippen molar-refractivity contribution in [3.63, 3.8) is 0 Å². The van der Waals surface area contributed by atoms with Crippen LogP contribution in [0.25, 0.3) is 11.0 Å². The number of ether oxygens (including phenoxy) is 1. The van der Waals surface area contributed by atoms with Crippen molar-refractivity contribution in [3.8, 4) is 0 Å². The van der Waals surface area contributed by atoms with Crippen molar-refractivity contribution in [2.24, 2.45) is 0 Å². The number of carbonyl (C=O) groups is 1. The third-order valence-corrected chi connectivity index (χ3v) is 1.96. The maximum Gasteiger partial charge on any atom is 0.302 e. The minimum atomic E-state index is -0.266. The number of hydrogen-bond acceptors (Lipinski definition) is 3. The van der Waals surface area contributed by atoms with E-state index in [1.165, 1.54) is 6.92 Å². The van der Waals surface area contributed by atoms with E-state index in [4.69, 9.17) is 9.15 Å². The van der Waals surface area contributed by atoms with Crippen LogP contribution in [0.2, 0.25) is 0 Å². The van der Waals surface area contributed by atoms with Crippen LogP contribution in [0, 0.1) is 0 Å². The van der Waals surface area contributed by atoms with Gasteiger partial charge in [0.15, 0.2) is 0 Å². The Morgan fingerprint density at radius 1 is 1.43 bits per heavy atom. The van der Waals surface area contributed by atoms with Gasteiger partial charge in [-0.25, -0.2) is 0 Å². The fraction of sp³-hybridized carbons (Fsp3) is 0.182. The van der Waals surface area contributed by atoms with Crippen molar-refractivity contribution in [2.75, 3.05) is 0 Å². The third kappa shape index (κ3) is 1.76. The Labute approximate surface area is 81.3 Å². The molecule has 1 aromatic carbocycles. The largest absolute Gasteiger partial charge is 0.464 e. The average molecular weight is 190 g/mol. The number of rotatable bonds is 2. The van der Waals surface area contributed by atoms with Gasteiger partial charge in [-0.05, 0) is 23.8 Å². The highest BCUT2D eigenvalue weighted by atomic mass is 16.5. The summed E-state index contributed by atoms with van der Waals surface area (Å²) in [6.07, 6.45) is 1.64. The van der Waals surface area contributed by atoms with Gasteiger partial charge in [0.1, 0.15) is 12.2 Å². The topological polar surface area (TPSA) is 39.4 Å². The highest BCUT2D eigenvalue weighted by Crippen LogP contribution is 2.17. The lowest BCUT2D eigenvalue weighted by Crippen LogP contribution is -1.98. The van der Waals surface area contributed by atoms with Crippen molar-refractivity contribution in [2.45, 2.75) is 13.5 Å². The van der Waals surface area contributed by atoms with Crippen LogP contribution in [-0.2, 0) is 16.1 Å². The van der Waals surface area contributed by atoms with Gasteiger partial charge in [0.2, 0.25) is 0 Å². The Morgan fingerprint density at radius 3 is 3.07 bits per heavy atom. The number of carbonyl (C=O) groups excluding carboxylic acids is 1. The molecule has 0 unspecified atom stereocenters. The van der Waals surface area contributed by atoms with Gasteiger partial charge in [-0.1, -0.05) is 6.07 Å². The SMILES string of the molecule is CC(=O)OCc1ccc2occc2c1. The first-order valence-electron chi connectivity index (χ1n) is 4.35. The summed E-state index contributed by atoms with van der Waals surface area (Å²) < 4.78 is 10.1. The lowest BCUT2D eigenvalue weighted by Gasteiger charge is -2.01. The van der Waals surface area contributed by atoms with Crippen molar-refractivity contribution in [1.82, 2.24) is 0 Å². The number of fused-ring (bicyclic) bond motifs is 1. The van der Waals surface area contributed by atoms with Gasteiger partial charge in [-0.3, -0.25) is 4.79 Å². The summed E-state index contributed by atoms with van der Waals surface area (Å²) in [6.45, 7) is 1.72. The van der Waals surface area contributed by atoms with Crippen LogP contribution in [0.4, 0.5) is 0 Å². The van der Waals surface area contributed by atoms with Gasteiger partial charge >= 0.3 is 5.97 Å². The van der Waals surface area contributed by atoms with Crippen LogP contribution in [0.1, 0.15) is 12.5 Å². The summed E-state index contributed by atoms with van der Waals surface area (Å²) in [6, 6.07) is 7.58. The Morgan fingerprint density at radius 2 is 2.29 bits per heavy atom. The molecule has 0 amide bonds. The van der Waals surface area contributed by atoms with Crippen LogP contribution in [-0.4, -0.2) is 5.97 Å². The zero-order valence-electron chi connectivity index (χ0n) is 7.82. The number of benzene rings is 1. The molecule has 0 saturated carbocycles. The first kappa shape index (κ1) is 8.81. The van der Waals surface area contributed by atoms with Crippen molar-refractivity contribution < 1.29 is 13.9 Å². The molecule has 3 heteroatoms. The molecule has 0 N–H and O–H groups in total. The minimum absolute atomic E-state index is 0.266. The third-order valence-electron chi connectivity index (χ3n) is 1.96. The number of esters is 1. The number of hydrogen-bond donors (Lipinski definition) is 0. The zero-order chi connectivity index (χ0) is 9.97. The number of furan rings is 1. The fourth-order valence-corrected chi connectivity index (χ4v) is 1.29. The first-order chi connectivity index (χ1) is 6.75. The van der Waals surface area contributed by atoms with Gasteiger partial charge in [0.25, 0.3) is 0 Å². The molecule has 0 atom stereocenters. The molecule has 3 nitrogen and oxygen atoms in total. The van der Waals surface area contributed by atoms with Gasteiger partial charge in [0, 0.05) is 12.3 Å². The molecule has 72 valence electrons. The molecule has 14 heavy (non-hydrogen) atoms. The second-order valence-electron chi connectivity index (χ2n) is 3.07. The fourth-order valence-electron chi connectivity index (χ4n) is 1.29. The lowest BCUT2D eigenvalue weighted by atomic mass is 10.2. The van der Waals surface area contributed by atoms with E-state index in [-0.39, 0.29) is 5.97 Å². The van der Waals surface area contributed by atoms with Crippen molar-refractivity contribution >= 4 is 16.9 Å². The van der Waals surface area contributed by atoms with Gasteiger partial charge in [-0.2, -0.15) is 0 Å². The lowest BCUT2D eigenvalue weighted by molar-refractivity contribution is -0.142. The highest BCUT2D eigenvalue weighted by molar-refractivity contribution is 5.77. The van der Waals surface area contributed by atoms with E-state index in [2.05, 4.69) is 0 Å². The smallest absolute Gasteiger partial charge is 0.302 e. The molecule has 1 heterocycles. The Balaban J connectivity index is 2.21. The average Bonchev–Trinajstić information content (AvgIpc) is 2.61. The van der Waals surface area contributed by atoms with Gasteiger partial charge in [-0.15, -0.1) is 0 Å². The molecular formula is C11H10O3. The molecule has 0 aliphatic carbocycles. The molecule has 0 spiro atoms. The summed E-state index contributed by atoms with van der Waals surface area (Å²) >= 11 is 0. The van der Waals surface area contributed by atoms with Crippen LogP contribution in [0.15, 0.2) is 34.9 Å². The molecule has 0 saturated heterocycles. The molecular weight excluding hydrogens is 180 g/mol. The molecule has 0 fully saturated rings. The summed E-state index contributed by atoms with van der Waals surface area (Å²) in [4.78, 5) is 10.6. The molecule has 2 aromatic rings. The molecule has 0 bridgehead atoms. The Hall–Kier alpha value is -1.77. The van der Waals surface area contributed by atoms with E-state index in [9.17, 15) is 4.79 Å². The maximum absolute atomic E-state index is 10.6. The summed E-state index contributed by atoms with van der Waals surface area (Å²) in [5.74, 6) is -0.266. The quantitative estimate of drug-likeness (QED) is 0.683. The monoisotopic (exact) mass is 190 g/mol. The maximum atomic E-state index is 10.6. The Bertz CT molecular complexity index is 456. The first-order valence-corrected chi connectivity index (χ1v) is 4.35. The van der Waals surface area contributed by atoms with E-state index < -0.39 is 0 Å². The van der Waals surface area contributed by atoms with Crippen LogP contribution < -0.4 is 0 Å². The molecule has 1 aromatic heterocycles. The molecule has 0 radical (unpaired) electrons. The van der Waals surface area contributed by atoms with E-state index in [0.29, 0.717) is 6.61 Å². The minimum Gasteiger partial charge on any atom is -0.464 e. The normalized spacial score (nSPS) is 10.4. The second-order valence-corrected chi connectivity index (χ2v) is 3.07. The van der Waals surface area contributed by atoms with Crippen molar-refractivity contribution in [1.29, 1.82) is 0 Å². The van der Waals surface area contributed by atoms with Crippen LogP contribution >= 0.6 is 0 Å². The van der Waals surface area contributed by atoms with E-state index in [1.807, 2.05) is 24.3 Å². The molecule has 2 rings (SSSR count). The predicted octanol–water partition coefficient (Wildman–Crippen LogP) is 2.50. The summed E-state index contributed by atoms with van der Waals surface area (Å²) in [5, 5.41) is 1.02. The molecule has 0 aliphatic heterocycles. The summed E-state index contributed by atoms with van der Waals surface area (Å²) in [5.41, 5.74) is 1.81. The van der Waals surface area contributed by atoms with Gasteiger partial charge < -0.3 is 9.15 Å². The van der Waals surface area contributed by atoms with Gasteiger partial charge in [0.05, 0.1) is 6.26 Å². The van der Waals surface area contributed by atoms with Crippen LogP contribution in [0.3, 0.4) is 0 Å². The summed E-state index contributed by atoms with van der Waals surface area (Å²) in [7, 11) is 0. The van der Waals surface area contributed by atoms with Crippen LogP contribution in [0.5, 0.6) is 0 Å². The highest BCUT2D eigenvalue weighted by Gasteiger charge is 2.00. The Kier molecular flexibility index (Phi) is 2.23. The van der Waals surface area contributed by atoms with Crippen molar-refractivity contribution in [3.05, 3.63) is 36.1 Å². The molecule has 0 aliphatic rings. The van der Waals surface area contributed by atoms with E-state index >= 15 is 0 Å². The zero-order valence-corrected chi connectivity index (χ0v) is 7.82. The van der Waals surface area contributed by atoms with E-state index in [1.54, 1.807) is 6.26 Å².